The average Bonchev–Trinajstić information content (AvgIpc) is 3.20. The van der Waals surface area contributed by atoms with E-state index in [0.29, 0.717) is 12.8 Å². The number of aliphatic carboxylic acids is 1. The lowest BCUT2D eigenvalue weighted by molar-refractivity contribution is -0.161. The summed E-state index contributed by atoms with van der Waals surface area (Å²) in [5.74, 6) is -2.43. The molecule has 340 valence electrons. The number of nitrogens with two attached hydrogens (primary N) is 1. The van der Waals surface area contributed by atoms with Crippen LogP contribution in [0.2, 0.25) is 0 Å². The highest BCUT2D eigenvalue weighted by atomic mass is 31.2. The molecule has 0 radical (unpaired) electrons. The number of esters is 2. The van der Waals surface area contributed by atoms with Crippen molar-refractivity contribution in [3.05, 3.63) is 24.3 Å². The van der Waals surface area contributed by atoms with Gasteiger partial charge in [-0.3, -0.25) is 23.4 Å². The third kappa shape index (κ3) is 40.7. The monoisotopic (exact) mass is 844 g/mol. The maximum absolute atomic E-state index is 12.6. The highest BCUT2D eigenvalue weighted by Gasteiger charge is 2.28. The Morgan fingerprint density at radius 2 is 0.897 bits per heavy atom. The third-order valence-corrected chi connectivity index (χ3v) is 11.1. The Labute approximate surface area is 353 Å². The third-order valence-electron chi connectivity index (χ3n) is 10.2. The molecular weight excluding hydrogens is 757 g/mol. The minimum atomic E-state index is -4.72. The van der Waals surface area contributed by atoms with E-state index >= 15 is 0 Å². The van der Waals surface area contributed by atoms with Crippen molar-refractivity contribution in [1.29, 1.82) is 0 Å². The van der Waals surface area contributed by atoms with Crippen molar-refractivity contribution in [3.63, 3.8) is 0 Å². The lowest BCUT2D eigenvalue weighted by Crippen LogP contribution is -2.34. The van der Waals surface area contributed by atoms with Crippen molar-refractivity contribution in [2.24, 2.45) is 5.73 Å². The zero-order valence-corrected chi connectivity index (χ0v) is 37.8. The summed E-state index contributed by atoms with van der Waals surface area (Å²) in [7, 11) is -4.72. The van der Waals surface area contributed by atoms with Crippen LogP contribution in [0, 0.1) is 0 Å². The molecule has 3 atom stereocenters. The van der Waals surface area contributed by atoms with Gasteiger partial charge in [0.2, 0.25) is 0 Å². The Balaban J connectivity index is 4.33. The Morgan fingerprint density at radius 1 is 0.517 bits per heavy atom. The van der Waals surface area contributed by atoms with Gasteiger partial charge < -0.3 is 25.2 Å². The molecule has 0 aliphatic rings. The fourth-order valence-electron chi connectivity index (χ4n) is 6.49. The fraction of sp³-hybridized carbons (Fsp3) is 0.848. The number of hydrogen-bond acceptors (Lipinski definition) is 9. The summed E-state index contributed by atoms with van der Waals surface area (Å²) in [4.78, 5) is 46.0. The van der Waals surface area contributed by atoms with Crippen LogP contribution in [0.3, 0.4) is 0 Å². The lowest BCUT2D eigenvalue weighted by Gasteiger charge is -2.20. The molecule has 0 heterocycles. The fourth-order valence-corrected chi connectivity index (χ4v) is 7.27. The summed E-state index contributed by atoms with van der Waals surface area (Å²) in [6, 6.07) is -1.52. The van der Waals surface area contributed by atoms with Gasteiger partial charge in [0.25, 0.3) is 0 Å². The van der Waals surface area contributed by atoms with Gasteiger partial charge in [0, 0.05) is 12.8 Å². The summed E-state index contributed by atoms with van der Waals surface area (Å²) in [5, 5.41) is 8.90. The molecule has 1 unspecified atom stereocenters. The molecule has 0 bridgehead atoms. The first-order valence-electron chi connectivity index (χ1n) is 23.4. The number of phosphoric ester groups is 1. The number of ether oxygens (including phenoxy) is 2. The number of rotatable bonds is 44. The number of unbranched alkanes of at least 4 members (excludes halogenated alkanes) is 26. The van der Waals surface area contributed by atoms with Crippen LogP contribution in [0.1, 0.15) is 219 Å². The van der Waals surface area contributed by atoms with Crippen LogP contribution in [-0.2, 0) is 37.5 Å². The molecular formula is C46H86NO10P. The summed E-state index contributed by atoms with van der Waals surface area (Å²) in [6.07, 6.45) is 43.9. The summed E-state index contributed by atoms with van der Waals surface area (Å²) < 4.78 is 32.7. The number of carboxylic acids is 1. The molecule has 0 rings (SSSR count). The number of carbonyl (C=O) groups is 3. The molecule has 0 spiro atoms. The number of carboxylic acid groups (broad SMARTS) is 1. The quantitative estimate of drug-likeness (QED) is 0.0231. The number of allylic oxidation sites excluding steroid dienone is 4. The van der Waals surface area contributed by atoms with Gasteiger partial charge in [-0.1, -0.05) is 179 Å². The molecule has 4 N–H and O–H groups in total. The van der Waals surface area contributed by atoms with E-state index < -0.39 is 51.1 Å². The van der Waals surface area contributed by atoms with Crippen molar-refractivity contribution in [2.75, 3.05) is 19.8 Å². The number of hydrogen-bond donors (Lipinski definition) is 3. The second-order valence-corrected chi connectivity index (χ2v) is 17.3. The zero-order chi connectivity index (χ0) is 42.8. The normalized spacial score (nSPS) is 13.9. The summed E-state index contributed by atoms with van der Waals surface area (Å²) in [5.41, 5.74) is 5.34. The van der Waals surface area contributed by atoms with Crippen LogP contribution in [0.5, 0.6) is 0 Å². The van der Waals surface area contributed by atoms with Gasteiger partial charge in [-0.05, 0) is 51.4 Å². The maximum atomic E-state index is 12.6. The maximum Gasteiger partial charge on any atom is 0.472 e. The minimum absolute atomic E-state index is 0.141. The first-order chi connectivity index (χ1) is 28.1. The molecule has 0 amide bonds. The number of phosphoric acid groups is 1. The van der Waals surface area contributed by atoms with Crippen LogP contribution in [0.4, 0.5) is 0 Å². The van der Waals surface area contributed by atoms with Gasteiger partial charge in [0.1, 0.15) is 12.6 Å². The Kier molecular flexibility index (Phi) is 40.2. The highest BCUT2D eigenvalue weighted by molar-refractivity contribution is 7.47. The lowest BCUT2D eigenvalue weighted by atomic mass is 10.1. The molecule has 12 heteroatoms. The molecule has 0 fully saturated rings. The largest absolute Gasteiger partial charge is 0.480 e. The minimum Gasteiger partial charge on any atom is -0.480 e. The second kappa shape index (κ2) is 41.7. The predicted molar refractivity (Wildman–Crippen MR) is 236 cm³/mol. The van der Waals surface area contributed by atoms with Gasteiger partial charge in [0.05, 0.1) is 13.2 Å². The average molecular weight is 844 g/mol. The van der Waals surface area contributed by atoms with Crippen molar-refractivity contribution in [1.82, 2.24) is 0 Å². The van der Waals surface area contributed by atoms with Crippen LogP contribution in [0.15, 0.2) is 24.3 Å². The predicted octanol–water partition coefficient (Wildman–Crippen LogP) is 12.6. The standard InChI is InChI=1S/C46H86NO10P/c1-3-5-7-9-11-13-15-17-19-20-21-22-24-26-28-30-32-34-36-38-45(49)57-42(40-55-58(52,53)56-41-43(47)46(50)51)39-54-44(48)37-35-33-31-29-27-25-23-18-16-14-12-10-8-6-4-2/h17,19,31,33,42-43H,3-16,18,20-30,32,34-41,47H2,1-2H3,(H,50,51)(H,52,53)/b19-17+,33-31+/t42-,43+/m1/s1. The molecule has 0 saturated heterocycles. The molecule has 0 aromatic rings. The van der Waals surface area contributed by atoms with E-state index in [0.717, 1.165) is 32.1 Å². The molecule has 11 nitrogen and oxygen atoms in total. The van der Waals surface area contributed by atoms with E-state index in [2.05, 4.69) is 36.6 Å². The van der Waals surface area contributed by atoms with Gasteiger partial charge in [0.15, 0.2) is 6.10 Å². The second-order valence-electron chi connectivity index (χ2n) is 15.9. The van der Waals surface area contributed by atoms with Crippen molar-refractivity contribution < 1.29 is 47.5 Å². The first kappa shape index (κ1) is 56.0. The van der Waals surface area contributed by atoms with E-state index in [-0.39, 0.29) is 19.4 Å². The summed E-state index contributed by atoms with van der Waals surface area (Å²) >= 11 is 0. The van der Waals surface area contributed by atoms with Gasteiger partial charge >= 0.3 is 25.7 Å². The highest BCUT2D eigenvalue weighted by Crippen LogP contribution is 2.43. The van der Waals surface area contributed by atoms with E-state index in [1.54, 1.807) is 0 Å². The Hall–Kier alpha value is -2.04. The SMILES string of the molecule is CCCCCCCC/C=C/CCCCCCCCCCCC(=O)O[C@H](COC(=O)CC/C=C/CCCCCCCCCCCCC)COP(=O)(O)OC[C@H](N)C(=O)O. The van der Waals surface area contributed by atoms with Crippen molar-refractivity contribution >= 4 is 25.7 Å². The van der Waals surface area contributed by atoms with Crippen LogP contribution in [-0.4, -0.2) is 59.9 Å². The van der Waals surface area contributed by atoms with E-state index in [9.17, 15) is 23.8 Å². The molecule has 0 aliphatic heterocycles. The smallest absolute Gasteiger partial charge is 0.472 e. The summed E-state index contributed by atoms with van der Waals surface area (Å²) in [6.45, 7) is 2.78. The molecule has 0 aromatic carbocycles. The Bertz CT molecular complexity index is 1080. The van der Waals surface area contributed by atoms with E-state index in [4.69, 9.17) is 24.8 Å². The number of carbonyl (C=O) groups excluding carboxylic acids is 2. The Morgan fingerprint density at radius 3 is 1.33 bits per heavy atom. The topological polar surface area (TPSA) is 172 Å². The van der Waals surface area contributed by atoms with Gasteiger partial charge in [-0.2, -0.15) is 0 Å². The van der Waals surface area contributed by atoms with Crippen molar-refractivity contribution in [2.45, 2.75) is 231 Å². The molecule has 0 aromatic heterocycles. The zero-order valence-electron chi connectivity index (χ0n) is 36.9. The van der Waals surface area contributed by atoms with E-state index in [1.165, 1.54) is 148 Å². The van der Waals surface area contributed by atoms with E-state index in [1.807, 2.05) is 6.08 Å². The first-order valence-corrected chi connectivity index (χ1v) is 24.9. The molecule has 0 aliphatic carbocycles. The van der Waals surface area contributed by atoms with Crippen molar-refractivity contribution in [3.8, 4) is 0 Å². The molecule has 0 saturated carbocycles. The van der Waals surface area contributed by atoms with Crippen LogP contribution in [0.25, 0.3) is 0 Å². The van der Waals surface area contributed by atoms with Gasteiger partial charge in [-0.15, -0.1) is 0 Å². The molecule has 58 heavy (non-hydrogen) atoms. The van der Waals surface area contributed by atoms with Crippen LogP contribution >= 0.6 is 7.82 Å². The van der Waals surface area contributed by atoms with Gasteiger partial charge in [-0.25, -0.2) is 4.57 Å². The van der Waals surface area contributed by atoms with Crippen LogP contribution < -0.4 is 5.73 Å².